The summed E-state index contributed by atoms with van der Waals surface area (Å²) < 4.78 is 24.5. The van der Waals surface area contributed by atoms with E-state index in [4.69, 9.17) is 0 Å². The highest BCUT2D eigenvalue weighted by atomic mass is 32.2. The number of hydrogen-bond acceptors (Lipinski definition) is 4. The number of amides is 1. The molecule has 6 nitrogen and oxygen atoms in total. The molecule has 20 heavy (non-hydrogen) atoms. The van der Waals surface area contributed by atoms with Crippen LogP contribution in [0.25, 0.3) is 0 Å². The van der Waals surface area contributed by atoms with E-state index >= 15 is 0 Å². The van der Waals surface area contributed by atoms with Gasteiger partial charge in [0.2, 0.25) is 15.9 Å². The minimum atomic E-state index is -3.25. The largest absolute Gasteiger partial charge is 0.351 e. The highest BCUT2D eigenvalue weighted by molar-refractivity contribution is 7.92. The summed E-state index contributed by atoms with van der Waals surface area (Å²) in [6.07, 6.45) is 3.02. The molecule has 1 saturated heterocycles. The molecule has 1 aliphatic rings. The summed E-state index contributed by atoms with van der Waals surface area (Å²) >= 11 is 0. The molecule has 1 fully saturated rings. The van der Waals surface area contributed by atoms with Crippen molar-refractivity contribution in [3.63, 3.8) is 0 Å². The molecule has 1 heterocycles. The summed E-state index contributed by atoms with van der Waals surface area (Å²) in [5.41, 5.74) is 1.44. The standard InChI is InChI=1S/C13H19N3O3S/c1-20(18,19)16-11-6-4-10(5-7-11)9-15-13(17)12-3-2-8-14-12/h4-7,12,14,16H,2-3,8-9H2,1H3,(H,15,17). The molecule has 3 N–H and O–H groups in total. The zero-order valence-corrected chi connectivity index (χ0v) is 12.2. The predicted molar refractivity (Wildman–Crippen MR) is 77.8 cm³/mol. The number of carbonyl (C=O) groups is 1. The summed E-state index contributed by atoms with van der Waals surface area (Å²) in [5.74, 6) is 0.0147. The van der Waals surface area contributed by atoms with Crippen molar-refractivity contribution in [1.82, 2.24) is 10.6 Å². The second-order valence-corrected chi connectivity index (χ2v) is 6.69. The van der Waals surface area contributed by atoms with Gasteiger partial charge in [-0.3, -0.25) is 9.52 Å². The molecule has 7 heteroatoms. The van der Waals surface area contributed by atoms with Crippen molar-refractivity contribution in [3.8, 4) is 0 Å². The minimum absolute atomic E-state index is 0.0147. The number of rotatable bonds is 5. The van der Waals surface area contributed by atoms with Crippen LogP contribution in [0.1, 0.15) is 18.4 Å². The Balaban J connectivity index is 1.86. The Kier molecular flexibility index (Phi) is 4.61. The van der Waals surface area contributed by atoms with E-state index in [1.165, 1.54) is 0 Å². The van der Waals surface area contributed by atoms with E-state index in [2.05, 4.69) is 15.4 Å². The highest BCUT2D eigenvalue weighted by Crippen LogP contribution is 2.11. The average Bonchev–Trinajstić information content (AvgIpc) is 2.89. The van der Waals surface area contributed by atoms with Crippen molar-refractivity contribution < 1.29 is 13.2 Å². The summed E-state index contributed by atoms with van der Waals surface area (Å²) in [6.45, 7) is 1.33. The molecule has 0 bridgehead atoms. The van der Waals surface area contributed by atoms with Gasteiger partial charge >= 0.3 is 0 Å². The number of benzene rings is 1. The smallest absolute Gasteiger partial charge is 0.237 e. The van der Waals surface area contributed by atoms with Gasteiger partial charge in [-0.25, -0.2) is 8.42 Å². The van der Waals surface area contributed by atoms with Crippen LogP contribution in [0.3, 0.4) is 0 Å². The van der Waals surface area contributed by atoms with Crippen molar-refractivity contribution in [2.24, 2.45) is 0 Å². The van der Waals surface area contributed by atoms with Crippen molar-refractivity contribution in [2.75, 3.05) is 17.5 Å². The van der Waals surface area contributed by atoms with Crippen LogP contribution in [-0.4, -0.2) is 33.2 Å². The first-order valence-corrected chi connectivity index (χ1v) is 8.41. The third kappa shape index (κ3) is 4.50. The monoisotopic (exact) mass is 297 g/mol. The summed E-state index contributed by atoms with van der Waals surface area (Å²) in [5, 5.41) is 6.01. The molecule has 0 saturated carbocycles. The molecule has 0 spiro atoms. The topological polar surface area (TPSA) is 87.3 Å². The van der Waals surface area contributed by atoms with Gasteiger partial charge in [-0.1, -0.05) is 12.1 Å². The Morgan fingerprint density at radius 3 is 2.60 bits per heavy atom. The van der Waals surface area contributed by atoms with Gasteiger partial charge in [-0.05, 0) is 37.1 Å². The fourth-order valence-electron chi connectivity index (χ4n) is 2.13. The lowest BCUT2D eigenvalue weighted by molar-refractivity contribution is -0.122. The molecular formula is C13H19N3O3S. The van der Waals surface area contributed by atoms with E-state index < -0.39 is 10.0 Å². The van der Waals surface area contributed by atoms with Crippen LogP contribution in [0.15, 0.2) is 24.3 Å². The maximum absolute atomic E-state index is 11.8. The second-order valence-electron chi connectivity index (χ2n) is 4.94. The van der Waals surface area contributed by atoms with Crippen LogP contribution in [-0.2, 0) is 21.4 Å². The Labute approximate surface area is 119 Å². The Morgan fingerprint density at radius 2 is 2.05 bits per heavy atom. The Morgan fingerprint density at radius 1 is 1.35 bits per heavy atom. The third-order valence-electron chi connectivity index (χ3n) is 3.10. The van der Waals surface area contributed by atoms with Crippen LogP contribution >= 0.6 is 0 Å². The van der Waals surface area contributed by atoms with Gasteiger partial charge in [0.15, 0.2) is 0 Å². The fraction of sp³-hybridized carbons (Fsp3) is 0.462. The number of sulfonamides is 1. The molecule has 2 rings (SSSR count). The zero-order valence-electron chi connectivity index (χ0n) is 11.3. The quantitative estimate of drug-likeness (QED) is 0.735. The van der Waals surface area contributed by atoms with Crippen LogP contribution in [0.5, 0.6) is 0 Å². The van der Waals surface area contributed by atoms with Crippen LogP contribution in [0.4, 0.5) is 5.69 Å². The second kappa shape index (κ2) is 6.23. The van der Waals surface area contributed by atoms with Crippen LogP contribution in [0.2, 0.25) is 0 Å². The summed E-state index contributed by atoms with van der Waals surface area (Å²) in [6, 6.07) is 6.85. The zero-order chi connectivity index (χ0) is 14.6. The van der Waals surface area contributed by atoms with Gasteiger partial charge in [0, 0.05) is 12.2 Å². The number of nitrogens with one attached hydrogen (secondary N) is 3. The third-order valence-corrected chi connectivity index (χ3v) is 3.71. The molecule has 1 atom stereocenters. The van der Waals surface area contributed by atoms with Crippen LogP contribution < -0.4 is 15.4 Å². The minimum Gasteiger partial charge on any atom is -0.351 e. The van der Waals surface area contributed by atoms with Crippen molar-refractivity contribution >= 4 is 21.6 Å². The molecule has 1 amide bonds. The lowest BCUT2D eigenvalue weighted by Gasteiger charge is -2.11. The molecule has 0 aromatic heterocycles. The normalized spacial score (nSPS) is 18.8. The first-order valence-electron chi connectivity index (χ1n) is 6.52. The Bertz CT molecular complexity index is 563. The van der Waals surface area contributed by atoms with Gasteiger partial charge in [0.25, 0.3) is 0 Å². The van der Waals surface area contributed by atoms with E-state index in [-0.39, 0.29) is 11.9 Å². The van der Waals surface area contributed by atoms with E-state index in [1.54, 1.807) is 24.3 Å². The molecule has 110 valence electrons. The number of hydrogen-bond donors (Lipinski definition) is 3. The predicted octanol–water partition coefficient (Wildman–Crippen LogP) is 0.426. The molecule has 1 unspecified atom stereocenters. The highest BCUT2D eigenvalue weighted by Gasteiger charge is 2.21. The molecular weight excluding hydrogens is 278 g/mol. The Hall–Kier alpha value is -1.60. The van der Waals surface area contributed by atoms with Crippen molar-refractivity contribution in [1.29, 1.82) is 0 Å². The summed E-state index contributed by atoms with van der Waals surface area (Å²) in [7, 11) is -3.25. The summed E-state index contributed by atoms with van der Waals surface area (Å²) in [4.78, 5) is 11.8. The molecule has 0 aliphatic carbocycles. The molecule has 0 radical (unpaired) electrons. The average molecular weight is 297 g/mol. The van der Waals surface area contributed by atoms with E-state index in [9.17, 15) is 13.2 Å². The molecule has 1 aromatic rings. The van der Waals surface area contributed by atoms with Crippen LogP contribution in [0, 0.1) is 0 Å². The maximum atomic E-state index is 11.8. The fourth-order valence-corrected chi connectivity index (χ4v) is 2.69. The van der Waals surface area contributed by atoms with Crippen molar-refractivity contribution in [2.45, 2.75) is 25.4 Å². The molecule has 1 aliphatic heterocycles. The van der Waals surface area contributed by atoms with Gasteiger partial charge in [-0.15, -0.1) is 0 Å². The number of carbonyl (C=O) groups excluding carboxylic acids is 1. The SMILES string of the molecule is CS(=O)(=O)Nc1ccc(CNC(=O)C2CCCN2)cc1. The maximum Gasteiger partial charge on any atom is 0.237 e. The first-order chi connectivity index (χ1) is 9.44. The van der Waals surface area contributed by atoms with E-state index in [0.29, 0.717) is 12.2 Å². The van der Waals surface area contributed by atoms with Gasteiger partial charge in [-0.2, -0.15) is 0 Å². The lowest BCUT2D eigenvalue weighted by Crippen LogP contribution is -2.39. The van der Waals surface area contributed by atoms with Crippen molar-refractivity contribution in [3.05, 3.63) is 29.8 Å². The number of anilines is 1. The molecule has 1 aromatic carbocycles. The lowest BCUT2D eigenvalue weighted by atomic mass is 10.2. The van der Waals surface area contributed by atoms with Gasteiger partial charge in [0.1, 0.15) is 0 Å². The van der Waals surface area contributed by atoms with E-state index in [0.717, 1.165) is 31.2 Å². The first kappa shape index (κ1) is 14.8. The van der Waals surface area contributed by atoms with Gasteiger partial charge in [0.05, 0.1) is 12.3 Å². The van der Waals surface area contributed by atoms with Gasteiger partial charge < -0.3 is 10.6 Å². The van der Waals surface area contributed by atoms with E-state index in [1.807, 2.05) is 0 Å².